The predicted molar refractivity (Wildman–Crippen MR) is 65.7 cm³/mol. The molecule has 0 radical (unpaired) electrons. The molecule has 1 saturated heterocycles. The van der Waals surface area contributed by atoms with Gasteiger partial charge in [0, 0.05) is 13.0 Å². The molecule has 17 heavy (non-hydrogen) atoms. The van der Waals surface area contributed by atoms with E-state index in [-0.39, 0.29) is 6.29 Å². The van der Waals surface area contributed by atoms with E-state index in [4.69, 9.17) is 9.47 Å². The average Bonchev–Trinajstić information content (AvgIpc) is 2.39. The van der Waals surface area contributed by atoms with Gasteiger partial charge in [-0.1, -0.05) is 30.3 Å². The monoisotopic (exact) mass is 236 g/mol. The molecule has 1 aromatic rings. The van der Waals surface area contributed by atoms with Gasteiger partial charge in [-0.3, -0.25) is 0 Å². The first kappa shape index (κ1) is 12.6. The van der Waals surface area contributed by atoms with E-state index < -0.39 is 6.10 Å². The molecule has 94 valence electrons. The Hall–Kier alpha value is -0.900. The highest BCUT2D eigenvalue weighted by molar-refractivity contribution is 5.15. The van der Waals surface area contributed by atoms with Crippen molar-refractivity contribution < 1.29 is 14.6 Å². The van der Waals surface area contributed by atoms with Crippen LogP contribution in [0.3, 0.4) is 0 Å². The van der Waals surface area contributed by atoms with E-state index in [2.05, 4.69) is 0 Å². The Morgan fingerprint density at radius 2 is 2.12 bits per heavy atom. The van der Waals surface area contributed by atoms with E-state index in [0.29, 0.717) is 13.0 Å². The summed E-state index contributed by atoms with van der Waals surface area (Å²) in [5, 5.41) is 9.85. The second-order valence-corrected chi connectivity index (χ2v) is 4.47. The van der Waals surface area contributed by atoms with Gasteiger partial charge in [0.1, 0.15) is 0 Å². The number of ether oxygens (including phenoxy) is 2. The van der Waals surface area contributed by atoms with Crippen molar-refractivity contribution in [2.24, 2.45) is 0 Å². The fraction of sp³-hybridized carbons (Fsp3) is 0.571. The van der Waals surface area contributed by atoms with Crippen molar-refractivity contribution in [2.45, 2.75) is 38.1 Å². The molecule has 2 unspecified atom stereocenters. The molecule has 2 rings (SSSR count). The molecule has 2 atom stereocenters. The van der Waals surface area contributed by atoms with Crippen LogP contribution in [0.5, 0.6) is 0 Å². The first-order chi connectivity index (χ1) is 8.34. The zero-order valence-corrected chi connectivity index (χ0v) is 10.0. The minimum absolute atomic E-state index is 0.117. The highest BCUT2D eigenvalue weighted by atomic mass is 16.7. The van der Waals surface area contributed by atoms with Crippen LogP contribution in [0.4, 0.5) is 0 Å². The minimum atomic E-state index is -0.456. The molecule has 1 aliphatic heterocycles. The quantitative estimate of drug-likeness (QED) is 0.851. The summed E-state index contributed by atoms with van der Waals surface area (Å²) in [7, 11) is 0. The molecule has 0 amide bonds. The van der Waals surface area contributed by atoms with Crippen LogP contribution in [-0.2, 0) is 15.9 Å². The van der Waals surface area contributed by atoms with Gasteiger partial charge in [-0.05, 0) is 24.8 Å². The molecule has 1 aliphatic rings. The molecular formula is C14H20O3. The van der Waals surface area contributed by atoms with Crippen molar-refractivity contribution in [1.82, 2.24) is 0 Å². The molecule has 1 N–H and O–H groups in total. The average molecular weight is 236 g/mol. The lowest BCUT2D eigenvalue weighted by molar-refractivity contribution is -0.174. The van der Waals surface area contributed by atoms with Crippen molar-refractivity contribution >= 4 is 0 Å². The summed E-state index contributed by atoms with van der Waals surface area (Å²) in [5.41, 5.74) is 1.13. The van der Waals surface area contributed by atoms with Gasteiger partial charge in [0.2, 0.25) is 0 Å². The van der Waals surface area contributed by atoms with Gasteiger partial charge >= 0.3 is 0 Å². The Balaban J connectivity index is 1.68. The van der Waals surface area contributed by atoms with Crippen molar-refractivity contribution in [3.05, 3.63) is 35.9 Å². The molecule has 3 heteroatoms. The largest absolute Gasteiger partial charge is 0.390 e. The van der Waals surface area contributed by atoms with Crippen LogP contribution in [-0.4, -0.2) is 30.7 Å². The number of aliphatic hydroxyl groups excluding tert-OH is 1. The van der Waals surface area contributed by atoms with E-state index in [0.717, 1.165) is 31.4 Å². The first-order valence-electron chi connectivity index (χ1n) is 6.30. The van der Waals surface area contributed by atoms with Gasteiger partial charge in [-0.15, -0.1) is 0 Å². The van der Waals surface area contributed by atoms with E-state index in [1.807, 2.05) is 30.3 Å². The van der Waals surface area contributed by atoms with Crippen molar-refractivity contribution in [1.29, 1.82) is 0 Å². The zero-order chi connectivity index (χ0) is 11.9. The molecule has 0 aromatic heterocycles. The summed E-state index contributed by atoms with van der Waals surface area (Å²) in [5.74, 6) is 0. The highest BCUT2D eigenvalue weighted by Crippen LogP contribution is 2.14. The second-order valence-electron chi connectivity index (χ2n) is 4.47. The van der Waals surface area contributed by atoms with E-state index in [1.165, 1.54) is 0 Å². The summed E-state index contributed by atoms with van der Waals surface area (Å²) in [4.78, 5) is 0. The molecule has 1 fully saturated rings. The smallest absolute Gasteiger partial charge is 0.157 e. The Morgan fingerprint density at radius 3 is 2.82 bits per heavy atom. The fourth-order valence-electron chi connectivity index (χ4n) is 2.01. The van der Waals surface area contributed by atoms with Gasteiger partial charge < -0.3 is 14.6 Å². The molecule has 0 aliphatic carbocycles. The maximum Gasteiger partial charge on any atom is 0.157 e. The number of benzene rings is 1. The standard InChI is InChI=1S/C14H20O3/c15-13(10-12-6-2-1-3-7-12)11-17-14-8-4-5-9-16-14/h1-3,6-7,13-15H,4-5,8-11H2. The lowest BCUT2D eigenvalue weighted by atomic mass is 10.1. The third kappa shape index (κ3) is 4.46. The molecule has 1 heterocycles. The third-order valence-corrected chi connectivity index (χ3v) is 2.93. The van der Waals surface area contributed by atoms with Crippen molar-refractivity contribution in [2.75, 3.05) is 13.2 Å². The van der Waals surface area contributed by atoms with Crippen molar-refractivity contribution in [3.8, 4) is 0 Å². The highest BCUT2D eigenvalue weighted by Gasteiger charge is 2.15. The molecule has 0 saturated carbocycles. The van der Waals surface area contributed by atoms with Crippen LogP contribution in [0.15, 0.2) is 30.3 Å². The Labute approximate surface area is 102 Å². The summed E-state index contributed by atoms with van der Waals surface area (Å²) in [6, 6.07) is 9.96. The van der Waals surface area contributed by atoms with Crippen LogP contribution in [0.2, 0.25) is 0 Å². The van der Waals surface area contributed by atoms with Gasteiger partial charge in [-0.25, -0.2) is 0 Å². The Kier molecular flexibility index (Phi) is 4.98. The van der Waals surface area contributed by atoms with Gasteiger partial charge in [0.25, 0.3) is 0 Å². The molecule has 1 aromatic carbocycles. The predicted octanol–water partition coefficient (Wildman–Crippen LogP) is 2.13. The van der Waals surface area contributed by atoms with Gasteiger partial charge in [0.05, 0.1) is 12.7 Å². The van der Waals surface area contributed by atoms with E-state index in [9.17, 15) is 5.11 Å². The molecule has 0 spiro atoms. The third-order valence-electron chi connectivity index (χ3n) is 2.93. The molecule has 3 nitrogen and oxygen atoms in total. The maximum absolute atomic E-state index is 9.85. The summed E-state index contributed by atoms with van der Waals surface area (Å²) >= 11 is 0. The fourth-order valence-corrected chi connectivity index (χ4v) is 2.01. The van der Waals surface area contributed by atoms with E-state index in [1.54, 1.807) is 0 Å². The lowest BCUT2D eigenvalue weighted by Gasteiger charge is -2.23. The Morgan fingerprint density at radius 1 is 1.29 bits per heavy atom. The molecule has 0 bridgehead atoms. The van der Waals surface area contributed by atoms with Crippen LogP contribution < -0.4 is 0 Å². The number of hydrogen-bond donors (Lipinski definition) is 1. The SMILES string of the molecule is OC(COC1CCCCO1)Cc1ccccc1. The topological polar surface area (TPSA) is 38.7 Å². The number of hydrogen-bond acceptors (Lipinski definition) is 3. The van der Waals surface area contributed by atoms with Crippen molar-refractivity contribution in [3.63, 3.8) is 0 Å². The van der Waals surface area contributed by atoms with Crippen LogP contribution >= 0.6 is 0 Å². The number of rotatable bonds is 5. The normalized spacial score (nSPS) is 22.3. The zero-order valence-electron chi connectivity index (χ0n) is 10.0. The summed E-state index contributed by atoms with van der Waals surface area (Å²) < 4.78 is 11.0. The first-order valence-corrected chi connectivity index (χ1v) is 6.30. The minimum Gasteiger partial charge on any atom is -0.390 e. The van der Waals surface area contributed by atoms with Gasteiger partial charge in [0.15, 0.2) is 6.29 Å². The van der Waals surface area contributed by atoms with E-state index >= 15 is 0 Å². The summed E-state index contributed by atoms with van der Waals surface area (Å²) in [6.45, 7) is 1.12. The second kappa shape index (κ2) is 6.74. The van der Waals surface area contributed by atoms with Crippen LogP contribution in [0.25, 0.3) is 0 Å². The lowest BCUT2D eigenvalue weighted by Crippen LogP contribution is -2.27. The number of aliphatic hydroxyl groups is 1. The summed E-state index contributed by atoms with van der Waals surface area (Å²) in [6.07, 6.45) is 3.27. The van der Waals surface area contributed by atoms with Crippen LogP contribution in [0.1, 0.15) is 24.8 Å². The van der Waals surface area contributed by atoms with Gasteiger partial charge in [-0.2, -0.15) is 0 Å². The molecular weight excluding hydrogens is 216 g/mol. The maximum atomic E-state index is 9.85. The Bertz CT molecular complexity index is 307. The van der Waals surface area contributed by atoms with Crippen LogP contribution in [0, 0.1) is 0 Å².